The monoisotopic (exact) mass is 571 g/mol. The van der Waals surface area contributed by atoms with Gasteiger partial charge < -0.3 is 19.0 Å². The van der Waals surface area contributed by atoms with Crippen LogP contribution in [0.25, 0.3) is 0 Å². The van der Waals surface area contributed by atoms with Crippen LogP contribution in [0.2, 0.25) is 0 Å². The van der Waals surface area contributed by atoms with Crippen LogP contribution in [0.15, 0.2) is 0 Å². The summed E-state index contributed by atoms with van der Waals surface area (Å²) in [4.78, 5) is 41.2. The largest absolute Gasteiger partial charge is 0.458 e. The van der Waals surface area contributed by atoms with E-state index in [2.05, 4.69) is 44.3 Å². The number of rotatable bonds is 16. The zero-order valence-electron chi connectivity index (χ0n) is 18.2. The van der Waals surface area contributed by atoms with Gasteiger partial charge in [0.25, 0.3) is 0 Å². The van der Waals surface area contributed by atoms with E-state index >= 15 is 0 Å². The summed E-state index contributed by atoms with van der Waals surface area (Å²) in [6, 6.07) is 0. The summed E-state index contributed by atoms with van der Waals surface area (Å²) in [6.07, 6.45) is 5.06. The van der Waals surface area contributed by atoms with Crippen molar-refractivity contribution >= 4 is 49.8 Å². The van der Waals surface area contributed by atoms with E-state index in [1.165, 1.54) is 0 Å². The molecule has 3 atom stereocenters. The van der Waals surface area contributed by atoms with Gasteiger partial charge in [0.1, 0.15) is 12.3 Å². The second kappa shape index (κ2) is 17.8. The maximum Gasteiger partial charge on any atom is 0.324 e. The molecule has 1 saturated heterocycles. The molecule has 0 saturated carbocycles. The molecule has 3 unspecified atom stereocenters. The van der Waals surface area contributed by atoms with Crippen molar-refractivity contribution in [2.24, 2.45) is 0 Å². The minimum absolute atomic E-state index is 0.0515. The standard InChI is InChI=1S/C21H35Br2NO7/c1-2-3-4-9-19(25)29-16-14-18(24-31-21(27)11-6-8-13-23)28-15-17(16)30-20(26)10-5-7-12-22/h16-18,24H,2-15H2,1H3. The highest BCUT2D eigenvalue weighted by molar-refractivity contribution is 9.09. The van der Waals surface area contributed by atoms with E-state index in [0.29, 0.717) is 25.7 Å². The lowest BCUT2D eigenvalue weighted by molar-refractivity contribution is -0.206. The molecule has 0 radical (unpaired) electrons. The molecule has 1 fully saturated rings. The maximum absolute atomic E-state index is 12.2. The number of nitrogens with one attached hydrogen (secondary N) is 1. The molecule has 180 valence electrons. The molecule has 1 rings (SSSR count). The zero-order valence-corrected chi connectivity index (χ0v) is 21.4. The molecule has 0 spiro atoms. The number of esters is 2. The Kier molecular flexibility index (Phi) is 16.3. The fraction of sp³-hybridized carbons (Fsp3) is 0.857. The molecule has 1 aliphatic heterocycles. The van der Waals surface area contributed by atoms with Crippen LogP contribution in [-0.2, 0) is 33.4 Å². The van der Waals surface area contributed by atoms with Crippen molar-refractivity contribution in [2.75, 3.05) is 17.3 Å². The third-order valence-corrected chi connectivity index (χ3v) is 5.83. The first-order chi connectivity index (χ1) is 15.0. The number of halogens is 2. The molecule has 1 aliphatic rings. The molecule has 0 aromatic heterocycles. The van der Waals surface area contributed by atoms with Crippen LogP contribution in [0.1, 0.15) is 77.6 Å². The van der Waals surface area contributed by atoms with Gasteiger partial charge in [-0.15, -0.1) is 5.48 Å². The van der Waals surface area contributed by atoms with Gasteiger partial charge in [0.05, 0.1) is 6.61 Å². The predicted octanol–water partition coefficient (Wildman–Crippen LogP) is 4.31. The van der Waals surface area contributed by atoms with Crippen molar-refractivity contribution < 1.29 is 33.4 Å². The second-order valence-electron chi connectivity index (χ2n) is 7.46. The Morgan fingerprint density at radius 1 is 0.839 bits per heavy atom. The summed E-state index contributed by atoms with van der Waals surface area (Å²) < 4.78 is 16.8. The van der Waals surface area contributed by atoms with E-state index in [1.54, 1.807) is 0 Å². The number of carbonyl (C=O) groups is 3. The quantitative estimate of drug-likeness (QED) is 0.0959. The molecule has 31 heavy (non-hydrogen) atoms. The lowest BCUT2D eigenvalue weighted by Gasteiger charge is -2.35. The highest BCUT2D eigenvalue weighted by atomic mass is 79.9. The SMILES string of the molecule is CCCCCC(=O)OC1CC(NOC(=O)CCCCBr)OCC1OC(=O)CCCCBr. The van der Waals surface area contributed by atoms with Crippen LogP contribution in [0.5, 0.6) is 0 Å². The first-order valence-corrected chi connectivity index (χ1v) is 13.3. The lowest BCUT2D eigenvalue weighted by Crippen LogP contribution is -2.50. The van der Waals surface area contributed by atoms with Crippen LogP contribution >= 0.6 is 31.9 Å². The number of ether oxygens (including phenoxy) is 3. The summed E-state index contributed by atoms with van der Waals surface area (Å²) in [5.41, 5.74) is 2.60. The van der Waals surface area contributed by atoms with Gasteiger partial charge in [-0.3, -0.25) is 14.4 Å². The smallest absolute Gasteiger partial charge is 0.324 e. The summed E-state index contributed by atoms with van der Waals surface area (Å²) in [7, 11) is 0. The number of unbranched alkanes of at least 4 members (excludes halogenated alkanes) is 4. The van der Waals surface area contributed by atoms with Gasteiger partial charge in [0, 0.05) is 36.3 Å². The molecule has 1 heterocycles. The number of hydrogen-bond donors (Lipinski definition) is 1. The number of hydroxylamine groups is 1. The molecule has 0 aromatic carbocycles. The maximum atomic E-state index is 12.2. The van der Waals surface area contributed by atoms with Crippen molar-refractivity contribution in [3.63, 3.8) is 0 Å². The number of alkyl halides is 2. The Labute approximate surface area is 201 Å². The van der Waals surface area contributed by atoms with Crippen LogP contribution in [0, 0.1) is 0 Å². The summed E-state index contributed by atoms with van der Waals surface area (Å²) in [5.74, 6) is -1.05. The van der Waals surface area contributed by atoms with Gasteiger partial charge in [0.15, 0.2) is 6.10 Å². The van der Waals surface area contributed by atoms with Crippen molar-refractivity contribution in [1.82, 2.24) is 5.48 Å². The Morgan fingerprint density at radius 3 is 1.97 bits per heavy atom. The molecule has 0 aliphatic carbocycles. The molecule has 0 aromatic rings. The van der Waals surface area contributed by atoms with E-state index in [9.17, 15) is 14.4 Å². The Balaban J connectivity index is 2.56. The fourth-order valence-electron chi connectivity index (χ4n) is 2.95. The van der Waals surface area contributed by atoms with Crippen LogP contribution in [0.4, 0.5) is 0 Å². The molecule has 0 amide bonds. The average molecular weight is 573 g/mol. The van der Waals surface area contributed by atoms with Gasteiger partial charge >= 0.3 is 17.9 Å². The van der Waals surface area contributed by atoms with E-state index in [-0.39, 0.29) is 30.9 Å². The first-order valence-electron chi connectivity index (χ1n) is 11.1. The average Bonchev–Trinajstić information content (AvgIpc) is 2.74. The Bertz CT molecular complexity index is 536. The van der Waals surface area contributed by atoms with E-state index in [1.807, 2.05) is 0 Å². The molecule has 8 nitrogen and oxygen atoms in total. The van der Waals surface area contributed by atoms with Crippen molar-refractivity contribution in [1.29, 1.82) is 0 Å². The lowest BCUT2D eigenvalue weighted by atomic mass is 10.1. The summed E-state index contributed by atoms with van der Waals surface area (Å²) in [6.45, 7) is 2.11. The normalized spacial score (nSPS) is 20.8. The van der Waals surface area contributed by atoms with Gasteiger partial charge in [-0.05, 0) is 32.1 Å². The summed E-state index contributed by atoms with van der Waals surface area (Å²) in [5, 5.41) is 1.66. The third kappa shape index (κ3) is 13.4. The van der Waals surface area contributed by atoms with E-state index < -0.39 is 18.4 Å². The molecular formula is C21H35Br2NO7. The predicted molar refractivity (Wildman–Crippen MR) is 123 cm³/mol. The summed E-state index contributed by atoms with van der Waals surface area (Å²) >= 11 is 6.65. The van der Waals surface area contributed by atoms with Gasteiger partial charge in [0.2, 0.25) is 0 Å². The molecule has 1 N–H and O–H groups in total. The van der Waals surface area contributed by atoms with Gasteiger partial charge in [-0.1, -0.05) is 51.6 Å². The minimum atomic E-state index is -0.681. The van der Waals surface area contributed by atoms with Crippen LogP contribution in [0.3, 0.4) is 0 Å². The number of hydrogen-bond acceptors (Lipinski definition) is 8. The second-order valence-corrected chi connectivity index (χ2v) is 9.04. The van der Waals surface area contributed by atoms with Gasteiger partial charge in [-0.2, -0.15) is 0 Å². The zero-order chi connectivity index (χ0) is 22.9. The van der Waals surface area contributed by atoms with Crippen molar-refractivity contribution in [3.8, 4) is 0 Å². The van der Waals surface area contributed by atoms with Gasteiger partial charge in [-0.25, -0.2) is 0 Å². The minimum Gasteiger partial charge on any atom is -0.458 e. The highest BCUT2D eigenvalue weighted by Gasteiger charge is 2.37. The Hall–Kier alpha value is -0.710. The Morgan fingerprint density at radius 2 is 1.39 bits per heavy atom. The molecule has 10 heteroatoms. The molecule has 0 bridgehead atoms. The molecular weight excluding hydrogens is 538 g/mol. The van der Waals surface area contributed by atoms with E-state index in [0.717, 1.165) is 49.2 Å². The van der Waals surface area contributed by atoms with Crippen LogP contribution < -0.4 is 5.48 Å². The number of carbonyl (C=O) groups excluding carboxylic acids is 3. The van der Waals surface area contributed by atoms with E-state index in [4.69, 9.17) is 19.0 Å². The first kappa shape index (κ1) is 28.3. The fourth-order valence-corrected chi connectivity index (χ4v) is 3.74. The highest BCUT2D eigenvalue weighted by Crippen LogP contribution is 2.21. The van der Waals surface area contributed by atoms with Crippen molar-refractivity contribution in [2.45, 2.75) is 96.0 Å². The van der Waals surface area contributed by atoms with Crippen molar-refractivity contribution in [3.05, 3.63) is 0 Å². The third-order valence-electron chi connectivity index (χ3n) is 4.71. The van der Waals surface area contributed by atoms with Crippen LogP contribution in [-0.4, -0.2) is 53.6 Å². The topological polar surface area (TPSA) is 100 Å².